The number of aliphatic hydroxyl groups excluding tert-OH is 1. The van der Waals surface area contributed by atoms with Gasteiger partial charge in [-0.1, -0.05) is 6.58 Å². The van der Waals surface area contributed by atoms with Crippen molar-refractivity contribution in [1.82, 2.24) is 0 Å². The van der Waals surface area contributed by atoms with Crippen molar-refractivity contribution in [2.45, 2.75) is 65.2 Å². The molecule has 2 unspecified atom stereocenters. The number of aliphatic hydroxyl groups is 1. The van der Waals surface area contributed by atoms with Crippen molar-refractivity contribution in [1.29, 1.82) is 5.26 Å². The van der Waals surface area contributed by atoms with E-state index in [-0.39, 0.29) is 34.7 Å². The van der Waals surface area contributed by atoms with Crippen LogP contribution < -0.4 is 0 Å². The molecule has 166 valence electrons. The van der Waals surface area contributed by atoms with E-state index in [1.165, 1.54) is 19.9 Å². The van der Waals surface area contributed by atoms with E-state index in [2.05, 4.69) is 6.58 Å². The van der Waals surface area contributed by atoms with Crippen LogP contribution in [0.15, 0.2) is 34.5 Å². The minimum absolute atomic E-state index is 0.0178. The molecule has 0 amide bonds. The van der Waals surface area contributed by atoms with Gasteiger partial charge in [0.1, 0.15) is 18.5 Å². The molecule has 0 heterocycles. The highest BCUT2D eigenvalue weighted by Crippen LogP contribution is 2.34. The molecule has 0 fully saturated rings. The van der Waals surface area contributed by atoms with Gasteiger partial charge in [0.25, 0.3) is 5.92 Å². The molecule has 0 bridgehead atoms. The Bertz CT molecular complexity index is 782. The second-order valence-electron chi connectivity index (χ2n) is 7.17. The minimum atomic E-state index is -3.75. The predicted octanol–water partition coefficient (Wildman–Crippen LogP) is 4.47. The molecule has 9 heteroatoms. The van der Waals surface area contributed by atoms with Crippen LogP contribution >= 0.6 is 0 Å². The van der Waals surface area contributed by atoms with Crippen molar-refractivity contribution in [3.05, 3.63) is 34.5 Å². The van der Waals surface area contributed by atoms with Crippen molar-refractivity contribution in [2.75, 3.05) is 12.9 Å². The van der Waals surface area contributed by atoms with E-state index in [1.54, 1.807) is 13.8 Å². The van der Waals surface area contributed by atoms with Crippen LogP contribution in [0.3, 0.4) is 0 Å². The van der Waals surface area contributed by atoms with E-state index in [0.29, 0.717) is 0 Å². The van der Waals surface area contributed by atoms with Crippen LogP contribution in [0.5, 0.6) is 0 Å². The van der Waals surface area contributed by atoms with E-state index < -0.39 is 47.0 Å². The van der Waals surface area contributed by atoms with Crippen molar-refractivity contribution < 1.29 is 31.4 Å². The molecular weight excluding hydrogens is 407 g/mol. The maximum Gasteiger partial charge on any atom is 0.274 e. The zero-order valence-electron chi connectivity index (χ0n) is 17.5. The molecule has 0 radical (unpaired) electrons. The number of alkyl halides is 3. The first kappa shape index (κ1) is 27.2. The molecule has 5 nitrogen and oxygen atoms in total. The van der Waals surface area contributed by atoms with Gasteiger partial charge < -0.3 is 9.84 Å². The smallest absolute Gasteiger partial charge is 0.274 e. The van der Waals surface area contributed by atoms with Crippen LogP contribution in [-0.2, 0) is 14.6 Å². The largest absolute Gasteiger partial charge is 0.491 e. The lowest BCUT2D eigenvalue weighted by atomic mass is 9.99. The third-order valence-corrected chi connectivity index (χ3v) is 5.49. The van der Waals surface area contributed by atoms with Crippen molar-refractivity contribution in [3.8, 4) is 6.07 Å². The number of hydrogen-bond acceptors (Lipinski definition) is 5. The molecule has 0 aromatic rings. The topological polar surface area (TPSA) is 87.4 Å². The standard InChI is InChI=1S/C20H30F3NO4S/c1-7-19(28-14(3)9-17(21)8-13(2)11-24)18(10-20(22,23)12-25)15(4)16(5)29(6,26)27/h7,13-14,17,25H,5,8-10,12H2,1-4,6H3/b18-15-,19-7+/t13?,14-,17?/m1/s1. The summed E-state index contributed by atoms with van der Waals surface area (Å²) >= 11 is 0. The summed E-state index contributed by atoms with van der Waals surface area (Å²) in [7, 11) is -3.75. The molecule has 0 saturated heterocycles. The van der Waals surface area contributed by atoms with E-state index in [1.807, 2.05) is 6.07 Å². The Balaban J connectivity index is 5.80. The van der Waals surface area contributed by atoms with Gasteiger partial charge in [-0.05, 0) is 45.8 Å². The van der Waals surface area contributed by atoms with Gasteiger partial charge in [-0.3, -0.25) is 0 Å². The third kappa shape index (κ3) is 9.50. The number of rotatable bonds is 12. The highest BCUT2D eigenvalue weighted by atomic mass is 32.2. The number of allylic oxidation sites excluding steroid dienone is 3. The highest BCUT2D eigenvalue weighted by Gasteiger charge is 2.33. The van der Waals surface area contributed by atoms with E-state index in [0.717, 1.165) is 6.26 Å². The second kappa shape index (κ2) is 11.4. The summed E-state index contributed by atoms with van der Waals surface area (Å²) in [6.07, 6.45) is -0.785. The minimum Gasteiger partial charge on any atom is -0.491 e. The first-order chi connectivity index (χ1) is 13.2. The van der Waals surface area contributed by atoms with Crippen molar-refractivity contribution in [3.63, 3.8) is 0 Å². The lowest BCUT2D eigenvalue weighted by Gasteiger charge is -2.25. The van der Waals surface area contributed by atoms with Gasteiger partial charge in [0, 0.05) is 30.6 Å². The van der Waals surface area contributed by atoms with Crippen LogP contribution in [-0.4, -0.2) is 44.6 Å². The zero-order chi connectivity index (χ0) is 23.0. The Morgan fingerprint density at radius 1 is 1.34 bits per heavy atom. The Morgan fingerprint density at radius 2 is 1.90 bits per heavy atom. The predicted molar refractivity (Wildman–Crippen MR) is 107 cm³/mol. The Kier molecular flexibility index (Phi) is 10.7. The fourth-order valence-corrected chi connectivity index (χ4v) is 3.32. The van der Waals surface area contributed by atoms with Crippen LogP contribution in [0.25, 0.3) is 0 Å². The fraction of sp³-hybridized carbons (Fsp3) is 0.650. The summed E-state index contributed by atoms with van der Waals surface area (Å²) in [6.45, 7) is 8.02. The number of halogens is 3. The molecule has 29 heavy (non-hydrogen) atoms. The quantitative estimate of drug-likeness (QED) is 0.360. The number of nitriles is 1. The van der Waals surface area contributed by atoms with Crippen LogP contribution in [0.2, 0.25) is 0 Å². The molecule has 0 saturated carbocycles. The molecule has 0 aliphatic rings. The summed E-state index contributed by atoms with van der Waals surface area (Å²) in [5.74, 6) is -4.02. The average molecular weight is 438 g/mol. The van der Waals surface area contributed by atoms with E-state index in [9.17, 15) is 21.6 Å². The molecule has 0 rings (SSSR count). The monoisotopic (exact) mass is 437 g/mol. The summed E-state index contributed by atoms with van der Waals surface area (Å²) < 4.78 is 71.2. The van der Waals surface area contributed by atoms with Crippen molar-refractivity contribution in [2.24, 2.45) is 5.92 Å². The van der Waals surface area contributed by atoms with Crippen LogP contribution in [0.4, 0.5) is 13.2 Å². The van der Waals surface area contributed by atoms with E-state index >= 15 is 0 Å². The van der Waals surface area contributed by atoms with Crippen LogP contribution in [0, 0.1) is 17.2 Å². The lowest BCUT2D eigenvalue weighted by molar-refractivity contribution is -0.0501. The van der Waals surface area contributed by atoms with Gasteiger partial charge >= 0.3 is 0 Å². The third-order valence-electron chi connectivity index (χ3n) is 4.29. The lowest BCUT2D eigenvalue weighted by Crippen LogP contribution is -2.25. The number of sulfone groups is 1. The highest BCUT2D eigenvalue weighted by molar-refractivity contribution is 7.94. The number of nitrogens with zero attached hydrogens (tertiary/aromatic N) is 1. The summed E-state index contributed by atoms with van der Waals surface area (Å²) in [5.41, 5.74) is -0.148. The summed E-state index contributed by atoms with van der Waals surface area (Å²) in [4.78, 5) is -0.344. The maximum atomic E-state index is 14.1. The molecule has 3 atom stereocenters. The van der Waals surface area contributed by atoms with Crippen LogP contribution in [0.1, 0.15) is 47.0 Å². The zero-order valence-corrected chi connectivity index (χ0v) is 18.3. The molecule has 0 aliphatic heterocycles. The molecule has 1 N–H and O–H groups in total. The SMILES string of the molecule is C=C(/C(C)=C(CC(F)(F)CO)\C(=C/C)O[C@H](C)CC(F)CC(C)C#N)S(C)(=O)=O. The van der Waals surface area contributed by atoms with Crippen molar-refractivity contribution >= 4 is 9.84 Å². The molecule has 0 aromatic heterocycles. The first-order valence-electron chi connectivity index (χ1n) is 9.13. The van der Waals surface area contributed by atoms with Gasteiger partial charge in [0.2, 0.25) is 0 Å². The van der Waals surface area contributed by atoms with Gasteiger partial charge in [-0.25, -0.2) is 21.6 Å². The molecule has 0 aromatic carbocycles. The normalized spacial score (nSPS) is 17.0. The van der Waals surface area contributed by atoms with Gasteiger partial charge in [-0.2, -0.15) is 5.26 Å². The Labute approximate surface area is 171 Å². The molecular formula is C20H30F3NO4S. The molecule has 0 aliphatic carbocycles. The van der Waals surface area contributed by atoms with Gasteiger partial charge in [0.15, 0.2) is 9.84 Å². The van der Waals surface area contributed by atoms with E-state index in [4.69, 9.17) is 15.1 Å². The fourth-order valence-electron chi connectivity index (χ4n) is 2.64. The summed E-state index contributed by atoms with van der Waals surface area (Å²) in [5, 5.41) is 17.7. The summed E-state index contributed by atoms with van der Waals surface area (Å²) in [6, 6.07) is 1.94. The number of ether oxygens (including phenoxy) is 1. The second-order valence-corrected chi connectivity index (χ2v) is 9.21. The first-order valence-corrected chi connectivity index (χ1v) is 11.0. The molecule has 0 spiro atoms. The van der Waals surface area contributed by atoms with Gasteiger partial charge in [-0.15, -0.1) is 0 Å². The van der Waals surface area contributed by atoms with Gasteiger partial charge in [0.05, 0.1) is 17.1 Å². The average Bonchev–Trinajstić information content (AvgIpc) is 2.62. The Hall–Kier alpha value is -1.79. The Morgan fingerprint density at radius 3 is 2.31 bits per heavy atom. The maximum absolute atomic E-state index is 14.1. The number of hydrogen-bond donors (Lipinski definition) is 1.